The van der Waals surface area contributed by atoms with Crippen LogP contribution in [-0.4, -0.2) is 35.6 Å². The number of aromatic amines is 1. The minimum Gasteiger partial charge on any atom is -0.352 e. The van der Waals surface area contributed by atoms with Crippen molar-refractivity contribution in [2.45, 2.75) is 46.1 Å². The maximum Gasteiger partial charge on any atom is 0.252 e. The van der Waals surface area contributed by atoms with Crippen molar-refractivity contribution in [3.05, 3.63) is 22.2 Å². The number of anilines is 1. The second kappa shape index (κ2) is 6.88. The van der Waals surface area contributed by atoms with Crippen LogP contribution in [0.2, 0.25) is 0 Å². The first-order chi connectivity index (χ1) is 9.60. The molecule has 0 spiro atoms. The molecule has 1 aliphatic rings. The quantitative estimate of drug-likeness (QED) is 0.829. The van der Waals surface area contributed by atoms with E-state index in [1.165, 1.54) is 12.8 Å². The lowest BCUT2D eigenvalue weighted by atomic mass is 10.2. The van der Waals surface area contributed by atoms with Gasteiger partial charge in [0.25, 0.3) is 5.56 Å². The Morgan fingerprint density at radius 3 is 3.05 bits per heavy atom. The van der Waals surface area contributed by atoms with Gasteiger partial charge in [-0.25, -0.2) is 4.98 Å². The van der Waals surface area contributed by atoms with Crippen LogP contribution in [0.15, 0.2) is 10.9 Å². The second-order valence-electron chi connectivity index (χ2n) is 5.95. The standard InChI is InChI=1S/C15H26N4O/c1-4-13-17-14(8-15(20)18-13)19-7-5-6-12(19)10-16-9-11(2)3/h8,11-12,16H,4-7,9-10H2,1-3H3,(H,17,18,20). The highest BCUT2D eigenvalue weighted by Crippen LogP contribution is 2.22. The Hall–Kier alpha value is -1.36. The monoisotopic (exact) mass is 278 g/mol. The summed E-state index contributed by atoms with van der Waals surface area (Å²) in [5, 5.41) is 3.51. The van der Waals surface area contributed by atoms with Crippen molar-refractivity contribution < 1.29 is 0 Å². The summed E-state index contributed by atoms with van der Waals surface area (Å²) in [6, 6.07) is 2.08. The van der Waals surface area contributed by atoms with Crippen LogP contribution in [0.3, 0.4) is 0 Å². The molecule has 0 amide bonds. The second-order valence-corrected chi connectivity index (χ2v) is 5.95. The number of aromatic nitrogens is 2. The van der Waals surface area contributed by atoms with Crippen LogP contribution >= 0.6 is 0 Å². The third-order valence-corrected chi connectivity index (χ3v) is 3.72. The number of aryl methyl sites for hydroxylation is 1. The number of H-pyrrole nitrogens is 1. The molecule has 112 valence electrons. The average molecular weight is 278 g/mol. The molecule has 5 nitrogen and oxygen atoms in total. The molecule has 0 aromatic carbocycles. The number of hydrogen-bond acceptors (Lipinski definition) is 4. The molecule has 1 atom stereocenters. The number of nitrogens with one attached hydrogen (secondary N) is 2. The van der Waals surface area contributed by atoms with E-state index in [9.17, 15) is 4.79 Å². The van der Waals surface area contributed by atoms with E-state index in [2.05, 4.69) is 34.0 Å². The molecule has 0 saturated carbocycles. The molecule has 1 fully saturated rings. The third kappa shape index (κ3) is 3.82. The van der Waals surface area contributed by atoms with Crippen LogP contribution in [0, 0.1) is 5.92 Å². The van der Waals surface area contributed by atoms with Crippen LogP contribution in [0.5, 0.6) is 0 Å². The van der Waals surface area contributed by atoms with E-state index >= 15 is 0 Å². The highest BCUT2D eigenvalue weighted by Gasteiger charge is 2.25. The van der Waals surface area contributed by atoms with E-state index < -0.39 is 0 Å². The van der Waals surface area contributed by atoms with Crippen molar-refractivity contribution >= 4 is 5.82 Å². The molecule has 5 heteroatoms. The Bertz CT molecular complexity index is 483. The summed E-state index contributed by atoms with van der Waals surface area (Å²) in [4.78, 5) is 21.3. The van der Waals surface area contributed by atoms with Crippen LogP contribution in [-0.2, 0) is 6.42 Å². The van der Waals surface area contributed by atoms with E-state index in [0.717, 1.165) is 37.7 Å². The molecule has 1 aliphatic heterocycles. The van der Waals surface area contributed by atoms with Crippen molar-refractivity contribution in [2.75, 3.05) is 24.5 Å². The van der Waals surface area contributed by atoms with E-state index in [0.29, 0.717) is 12.0 Å². The number of nitrogens with zero attached hydrogens (tertiary/aromatic N) is 2. The third-order valence-electron chi connectivity index (χ3n) is 3.72. The van der Waals surface area contributed by atoms with Gasteiger partial charge in [-0.05, 0) is 25.3 Å². The maximum absolute atomic E-state index is 11.7. The van der Waals surface area contributed by atoms with Gasteiger partial charge < -0.3 is 15.2 Å². The van der Waals surface area contributed by atoms with Crippen LogP contribution in [0.25, 0.3) is 0 Å². The molecule has 2 rings (SSSR count). The minimum absolute atomic E-state index is 0.0485. The summed E-state index contributed by atoms with van der Waals surface area (Å²) in [5.41, 5.74) is -0.0485. The van der Waals surface area contributed by atoms with E-state index in [1.807, 2.05) is 6.92 Å². The molecule has 0 aliphatic carbocycles. The Labute approximate surface area is 120 Å². The molecule has 1 saturated heterocycles. The predicted molar refractivity (Wildman–Crippen MR) is 82.3 cm³/mol. The van der Waals surface area contributed by atoms with Gasteiger partial charge in [-0.3, -0.25) is 4.79 Å². The van der Waals surface area contributed by atoms with Gasteiger partial charge in [0.2, 0.25) is 0 Å². The number of hydrogen-bond donors (Lipinski definition) is 2. The largest absolute Gasteiger partial charge is 0.352 e. The topological polar surface area (TPSA) is 61.0 Å². The summed E-state index contributed by atoms with van der Waals surface area (Å²) >= 11 is 0. The Morgan fingerprint density at radius 2 is 2.35 bits per heavy atom. The zero-order valence-corrected chi connectivity index (χ0v) is 12.8. The first kappa shape index (κ1) is 15.0. The van der Waals surface area contributed by atoms with Gasteiger partial charge in [0.1, 0.15) is 11.6 Å². The fraction of sp³-hybridized carbons (Fsp3) is 0.733. The SMILES string of the molecule is CCc1nc(N2CCCC2CNCC(C)C)cc(=O)[nH]1. The Morgan fingerprint density at radius 1 is 1.55 bits per heavy atom. The van der Waals surface area contributed by atoms with Crippen molar-refractivity contribution in [3.63, 3.8) is 0 Å². The lowest BCUT2D eigenvalue weighted by Crippen LogP contribution is -2.40. The summed E-state index contributed by atoms with van der Waals surface area (Å²) in [6.07, 6.45) is 3.10. The van der Waals surface area contributed by atoms with Crippen molar-refractivity contribution in [1.29, 1.82) is 0 Å². The lowest BCUT2D eigenvalue weighted by molar-refractivity contribution is 0.511. The van der Waals surface area contributed by atoms with Gasteiger partial charge in [-0.15, -0.1) is 0 Å². The summed E-state index contributed by atoms with van der Waals surface area (Å²) in [5.74, 6) is 2.27. The van der Waals surface area contributed by atoms with Gasteiger partial charge in [0, 0.05) is 31.6 Å². The van der Waals surface area contributed by atoms with Crippen molar-refractivity contribution in [3.8, 4) is 0 Å². The molecule has 1 aromatic heterocycles. The number of rotatable bonds is 6. The van der Waals surface area contributed by atoms with Gasteiger partial charge in [-0.2, -0.15) is 0 Å². The molecule has 20 heavy (non-hydrogen) atoms. The maximum atomic E-state index is 11.7. The molecule has 2 N–H and O–H groups in total. The molecular weight excluding hydrogens is 252 g/mol. The highest BCUT2D eigenvalue weighted by molar-refractivity contribution is 5.40. The zero-order chi connectivity index (χ0) is 14.5. The van der Waals surface area contributed by atoms with E-state index in [4.69, 9.17) is 0 Å². The normalized spacial score (nSPS) is 19.0. The fourth-order valence-corrected chi connectivity index (χ4v) is 2.70. The molecule has 1 aromatic rings. The summed E-state index contributed by atoms with van der Waals surface area (Å²) in [7, 11) is 0. The van der Waals surface area contributed by atoms with Gasteiger partial charge >= 0.3 is 0 Å². The first-order valence-corrected chi connectivity index (χ1v) is 7.67. The average Bonchev–Trinajstić information content (AvgIpc) is 2.86. The first-order valence-electron chi connectivity index (χ1n) is 7.67. The molecule has 2 heterocycles. The molecular formula is C15H26N4O. The lowest BCUT2D eigenvalue weighted by Gasteiger charge is -2.26. The predicted octanol–water partition coefficient (Wildman–Crippen LogP) is 1.55. The summed E-state index contributed by atoms with van der Waals surface area (Å²) in [6.45, 7) is 9.43. The van der Waals surface area contributed by atoms with E-state index in [-0.39, 0.29) is 5.56 Å². The molecule has 0 radical (unpaired) electrons. The molecule has 1 unspecified atom stereocenters. The Balaban J connectivity index is 2.06. The van der Waals surface area contributed by atoms with Gasteiger partial charge in [0.15, 0.2) is 0 Å². The Kier molecular flexibility index (Phi) is 5.17. The van der Waals surface area contributed by atoms with Crippen molar-refractivity contribution in [1.82, 2.24) is 15.3 Å². The minimum atomic E-state index is -0.0485. The van der Waals surface area contributed by atoms with Gasteiger partial charge in [0.05, 0.1) is 0 Å². The van der Waals surface area contributed by atoms with Crippen LogP contribution in [0.4, 0.5) is 5.82 Å². The van der Waals surface area contributed by atoms with Gasteiger partial charge in [-0.1, -0.05) is 20.8 Å². The zero-order valence-electron chi connectivity index (χ0n) is 12.8. The van der Waals surface area contributed by atoms with Crippen LogP contribution in [0.1, 0.15) is 39.4 Å². The summed E-state index contributed by atoms with van der Waals surface area (Å²) < 4.78 is 0. The molecule has 0 bridgehead atoms. The van der Waals surface area contributed by atoms with Crippen molar-refractivity contribution in [2.24, 2.45) is 5.92 Å². The van der Waals surface area contributed by atoms with Crippen LogP contribution < -0.4 is 15.8 Å². The fourth-order valence-electron chi connectivity index (χ4n) is 2.70. The van der Waals surface area contributed by atoms with E-state index in [1.54, 1.807) is 6.07 Å². The highest BCUT2D eigenvalue weighted by atomic mass is 16.1. The smallest absolute Gasteiger partial charge is 0.252 e.